The zero-order chi connectivity index (χ0) is 33.7. The van der Waals surface area contributed by atoms with Gasteiger partial charge in [0.1, 0.15) is 19.8 Å². The van der Waals surface area contributed by atoms with Crippen molar-refractivity contribution >= 4 is 19.8 Å². The standard InChI is InChI=1S/C35H62NO8P/c1-6-8-10-11-12-13-14-15-16-17-18-19-20-21-22-23-24-25-26-28-35(38)44-33(31-41-34(37)27-9-7-2)32-43-45(39,40)42-30-29-36(3,4)5/h8,10,12-13,15-16,18-19,33H,6-7,9,11,14,17,20-32H2,1-5H3/p+1/b10-8-,13-12-,16-15-,19-18-. The lowest BCUT2D eigenvalue weighted by Gasteiger charge is -2.24. The van der Waals surface area contributed by atoms with Crippen molar-refractivity contribution in [2.45, 2.75) is 116 Å². The number of likely N-dealkylation sites (N-methyl/N-ethyl adjacent to an activating group) is 1. The molecule has 0 saturated heterocycles. The number of allylic oxidation sites excluding steroid dienone is 8. The van der Waals surface area contributed by atoms with Gasteiger partial charge in [0.2, 0.25) is 0 Å². The van der Waals surface area contributed by atoms with Gasteiger partial charge < -0.3 is 18.9 Å². The van der Waals surface area contributed by atoms with Crippen LogP contribution in [0.5, 0.6) is 0 Å². The molecule has 0 aliphatic carbocycles. The fourth-order valence-corrected chi connectivity index (χ4v) is 4.66. The molecule has 0 rings (SSSR count). The smallest absolute Gasteiger partial charge is 0.462 e. The first-order valence-corrected chi connectivity index (χ1v) is 18.4. The monoisotopic (exact) mass is 656 g/mol. The lowest BCUT2D eigenvalue weighted by Crippen LogP contribution is -2.37. The molecule has 260 valence electrons. The molecule has 0 bridgehead atoms. The number of unbranched alkanes of at least 4 members (excludes halogenated alkanes) is 7. The highest BCUT2D eigenvalue weighted by atomic mass is 31.2. The van der Waals surface area contributed by atoms with E-state index >= 15 is 0 Å². The number of phosphoric acid groups is 1. The van der Waals surface area contributed by atoms with Crippen molar-refractivity contribution in [1.29, 1.82) is 0 Å². The van der Waals surface area contributed by atoms with E-state index in [0.717, 1.165) is 70.6 Å². The molecule has 45 heavy (non-hydrogen) atoms. The van der Waals surface area contributed by atoms with E-state index in [0.29, 0.717) is 23.9 Å². The molecule has 1 N–H and O–H groups in total. The van der Waals surface area contributed by atoms with E-state index < -0.39 is 32.5 Å². The van der Waals surface area contributed by atoms with Crippen LogP contribution in [0.4, 0.5) is 0 Å². The Balaban J connectivity index is 4.22. The predicted molar refractivity (Wildman–Crippen MR) is 183 cm³/mol. The highest BCUT2D eigenvalue weighted by Gasteiger charge is 2.27. The number of ether oxygens (including phenoxy) is 2. The molecule has 2 unspecified atom stereocenters. The molecular weight excluding hydrogens is 593 g/mol. The molecular formula is C35H63NO8P+. The number of rotatable bonds is 29. The van der Waals surface area contributed by atoms with Gasteiger partial charge in [-0.25, -0.2) is 4.57 Å². The topological polar surface area (TPSA) is 108 Å². The number of quaternary nitrogens is 1. The summed E-state index contributed by atoms with van der Waals surface area (Å²) in [6.45, 7) is 3.99. The summed E-state index contributed by atoms with van der Waals surface area (Å²) < 4.78 is 33.6. The van der Waals surface area contributed by atoms with Gasteiger partial charge >= 0.3 is 19.8 Å². The van der Waals surface area contributed by atoms with E-state index in [-0.39, 0.29) is 26.1 Å². The SMILES string of the molecule is CC/C=C\C/C=C\C/C=C\C/C=C\CCCCCCCCC(=O)OC(COC(=O)CCCC)COP(=O)(O)OCC[N+](C)(C)C. The first-order valence-electron chi connectivity index (χ1n) is 16.9. The number of carbonyl (C=O) groups is 2. The molecule has 0 aliphatic heterocycles. The molecule has 0 heterocycles. The van der Waals surface area contributed by atoms with Crippen molar-refractivity contribution in [2.75, 3.05) is 47.5 Å². The average molecular weight is 657 g/mol. The minimum atomic E-state index is -4.35. The summed E-state index contributed by atoms with van der Waals surface area (Å²) in [4.78, 5) is 34.4. The Morgan fingerprint density at radius 2 is 1.27 bits per heavy atom. The Bertz CT molecular complexity index is 923. The largest absolute Gasteiger partial charge is 0.472 e. The Morgan fingerprint density at radius 3 is 1.87 bits per heavy atom. The molecule has 9 nitrogen and oxygen atoms in total. The molecule has 0 aliphatic rings. The summed E-state index contributed by atoms with van der Waals surface area (Å²) in [5.41, 5.74) is 0. The van der Waals surface area contributed by atoms with E-state index in [2.05, 4.69) is 55.5 Å². The van der Waals surface area contributed by atoms with Crippen LogP contribution in [0.2, 0.25) is 0 Å². The van der Waals surface area contributed by atoms with Gasteiger partial charge in [-0.05, 0) is 51.4 Å². The number of nitrogens with zero attached hydrogens (tertiary/aromatic N) is 1. The van der Waals surface area contributed by atoms with E-state index in [1.807, 2.05) is 28.1 Å². The van der Waals surface area contributed by atoms with Crippen molar-refractivity contribution in [3.8, 4) is 0 Å². The molecule has 0 spiro atoms. The number of phosphoric ester groups is 1. The van der Waals surface area contributed by atoms with Gasteiger partial charge in [-0.1, -0.05) is 94.6 Å². The molecule has 0 fully saturated rings. The van der Waals surface area contributed by atoms with E-state index in [1.165, 1.54) is 0 Å². The fraction of sp³-hybridized carbons (Fsp3) is 0.714. The number of carbonyl (C=O) groups excluding carboxylic acids is 2. The van der Waals surface area contributed by atoms with E-state index in [4.69, 9.17) is 18.5 Å². The Kier molecular flexibility index (Phi) is 26.9. The minimum Gasteiger partial charge on any atom is -0.462 e. The fourth-order valence-electron chi connectivity index (χ4n) is 3.92. The second kappa shape index (κ2) is 28.2. The minimum absolute atomic E-state index is 0.0260. The Hall–Kier alpha value is -2.03. The maximum atomic E-state index is 12.5. The van der Waals surface area contributed by atoms with Gasteiger partial charge in [0, 0.05) is 12.8 Å². The second-order valence-electron chi connectivity index (χ2n) is 12.2. The van der Waals surface area contributed by atoms with Crippen LogP contribution in [0.3, 0.4) is 0 Å². The van der Waals surface area contributed by atoms with Crippen LogP contribution in [-0.4, -0.2) is 74.9 Å². The maximum Gasteiger partial charge on any atom is 0.472 e. The Morgan fingerprint density at radius 1 is 0.711 bits per heavy atom. The summed E-state index contributed by atoms with van der Waals surface area (Å²) in [5.74, 6) is -0.863. The third-order valence-corrected chi connectivity index (χ3v) is 7.61. The van der Waals surface area contributed by atoms with Crippen LogP contribution in [0.25, 0.3) is 0 Å². The van der Waals surface area contributed by atoms with Gasteiger partial charge in [0.15, 0.2) is 6.10 Å². The number of esters is 2. The molecule has 2 atom stereocenters. The predicted octanol–water partition coefficient (Wildman–Crippen LogP) is 8.40. The van der Waals surface area contributed by atoms with Crippen LogP contribution in [0, 0.1) is 0 Å². The lowest BCUT2D eigenvalue weighted by atomic mass is 10.1. The average Bonchev–Trinajstić information content (AvgIpc) is 2.97. The molecule has 10 heteroatoms. The third-order valence-electron chi connectivity index (χ3n) is 6.62. The molecule has 0 saturated carbocycles. The van der Waals surface area contributed by atoms with Crippen LogP contribution >= 0.6 is 7.82 Å². The summed E-state index contributed by atoms with van der Waals surface area (Å²) in [6, 6.07) is 0. The highest BCUT2D eigenvalue weighted by Crippen LogP contribution is 2.43. The molecule has 0 aromatic heterocycles. The van der Waals surface area contributed by atoms with Crippen LogP contribution < -0.4 is 0 Å². The van der Waals surface area contributed by atoms with Crippen molar-refractivity contribution in [3.05, 3.63) is 48.6 Å². The van der Waals surface area contributed by atoms with Gasteiger partial charge in [-0.15, -0.1) is 0 Å². The zero-order valence-corrected chi connectivity index (χ0v) is 29.7. The molecule has 0 aromatic carbocycles. The number of hydrogen-bond donors (Lipinski definition) is 1. The molecule has 0 radical (unpaired) electrons. The van der Waals surface area contributed by atoms with Gasteiger partial charge in [0.25, 0.3) is 0 Å². The summed E-state index contributed by atoms with van der Waals surface area (Å²) >= 11 is 0. The lowest BCUT2D eigenvalue weighted by molar-refractivity contribution is -0.870. The first kappa shape index (κ1) is 43.0. The quantitative estimate of drug-likeness (QED) is 0.0281. The third kappa shape index (κ3) is 31.7. The Labute approximate surface area is 273 Å². The first-order chi connectivity index (χ1) is 21.5. The maximum absolute atomic E-state index is 12.5. The van der Waals surface area contributed by atoms with Crippen LogP contribution in [0.15, 0.2) is 48.6 Å². The number of hydrogen-bond acceptors (Lipinski definition) is 7. The van der Waals surface area contributed by atoms with Crippen molar-refractivity contribution in [3.63, 3.8) is 0 Å². The van der Waals surface area contributed by atoms with Crippen molar-refractivity contribution in [1.82, 2.24) is 0 Å². The van der Waals surface area contributed by atoms with E-state index in [1.54, 1.807) is 0 Å². The van der Waals surface area contributed by atoms with Crippen molar-refractivity contribution < 1.29 is 42.1 Å². The second-order valence-corrected chi connectivity index (χ2v) is 13.6. The summed E-state index contributed by atoms with van der Waals surface area (Å²) in [5, 5.41) is 0. The van der Waals surface area contributed by atoms with Crippen molar-refractivity contribution in [2.24, 2.45) is 0 Å². The summed E-state index contributed by atoms with van der Waals surface area (Å²) in [6.07, 6.45) is 29.9. The highest BCUT2D eigenvalue weighted by molar-refractivity contribution is 7.47. The van der Waals surface area contributed by atoms with E-state index in [9.17, 15) is 19.0 Å². The van der Waals surface area contributed by atoms with Crippen LogP contribution in [-0.2, 0) is 32.7 Å². The van der Waals surface area contributed by atoms with Gasteiger partial charge in [-0.3, -0.25) is 18.6 Å². The molecule has 0 aromatic rings. The normalized spacial score (nSPS) is 14.5. The summed E-state index contributed by atoms with van der Waals surface area (Å²) in [7, 11) is 1.45. The van der Waals surface area contributed by atoms with Gasteiger partial charge in [0.05, 0.1) is 27.7 Å². The zero-order valence-electron chi connectivity index (χ0n) is 28.8. The van der Waals surface area contributed by atoms with Crippen LogP contribution in [0.1, 0.15) is 110 Å². The van der Waals surface area contributed by atoms with Gasteiger partial charge in [-0.2, -0.15) is 0 Å². The molecule has 0 amide bonds.